The maximum Gasteiger partial charge on any atom is 0.256 e. The highest BCUT2D eigenvalue weighted by Crippen LogP contribution is 2.35. The van der Waals surface area contributed by atoms with Crippen LogP contribution in [0.1, 0.15) is 30.0 Å². The number of hydrogen-bond acceptors (Lipinski definition) is 5. The molecule has 3 heterocycles. The van der Waals surface area contributed by atoms with E-state index in [0.29, 0.717) is 36.5 Å². The summed E-state index contributed by atoms with van der Waals surface area (Å²) in [7, 11) is 3.83. The molecule has 1 aromatic carbocycles. The molecule has 0 radical (unpaired) electrons. The average Bonchev–Trinajstić information content (AvgIpc) is 3.11. The van der Waals surface area contributed by atoms with Crippen molar-refractivity contribution in [2.45, 2.75) is 32.4 Å². The Balaban J connectivity index is 1.81. The van der Waals surface area contributed by atoms with Crippen LogP contribution in [0.4, 0.5) is 0 Å². The average molecular weight is 421 g/mol. The highest BCUT2D eigenvalue weighted by molar-refractivity contribution is 5.88. The van der Waals surface area contributed by atoms with Crippen LogP contribution in [0, 0.1) is 6.92 Å². The number of nitrogens with zero attached hydrogens (tertiary/aromatic N) is 3. The van der Waals surface area contributed by atoms with E-state index in [1.54, 1.807) is 24.5 Å². The molecule has 31 heavy (non-hydrogen) atoms. The Morgan fingerprint density at radius 3 is 2.74 bits per heavy atom. The van der Waals surface area contributed by atoms with E-state index in [9.17, 15) is 14.7 Å². The number of rotatable bonds is 6. The van der Waals surface area contributed by atoms with Crippen LogP contribution in [0.3, 0.4) is 0 Å². The molecule has 0 spiro atoms. The van der Waals surface area contributed by atoms with Gasteiger partial charge in [-0.2, -0.15) is 0 Å². The van der Waals surface area contributed by atoms with Crippen molar-refractivity contribution in [3.8, 4) is 11.4 Å². The van der Waals surface area contributed by atoms with Gasteiger partial charge in [0.15, 0.2) is 5.60 Å². The van der Waals surface area contributed by atoms with E-state index in [-0.39, 0.29) is 12.0 Å². The summed E-state index contributed by atoms with van der Waals surface area (Å²) in [6.45, 7) is 4.92. The smallest absolute Gasteiger partial charge is 0.256 e. The number of hydrogen-bond donors (Lipinski definition) is 2. The summed E-state index contributed by atoms with van der Waals surface area (Å²) < 4.78 is 1.68. The van der Waals surface area contributed by atoms with E-state index in [1.807, 2.05) is 43.3 Å². The number of para-hydroxylation sites is 1. The lowest BCUT2D eigenvalue weighted by molar-refractivity contribution is -0.141. The summed E-state index contributed by atoms with van der Waals surface area (Å²) in [6, 6.07) is 11.6. The molecule has 2 N–H and O–H groups in total. The summed E-state index contributed by atoms with van der Waals surface area (Å²) in [5.41, 5.74) is 1.90. The van der Waals surface area contributed by atoms with Gasteiger partial charge in [-0.05, 0) is 45.6 Å². The summed E-state index contributed by atoms with van der Waals surface area (Å²) in [5.74, 6) is -0.492. The Hall–Kier alpha value is -3.03. The van der Waals surface area contributed by atoms with Gasteiger partial charge in [0.25, 0.3) is 11.5 Å². The third kappa shape index (κ3) is 3.54. The fourth-order valence-corrected chi connectivity index (χ4v) is 4.22. The minimum atomic E-state index is -1.79. The van der Waals surface area contributed by atoms with Crippen LogP contribution >= 0.6 is 0 Å². The Morgan fingerprint density at radius 2 is 2.03 bits per heavy atom. The molecule has 2 aromatic heterocycles. The molecule has 7 heteroatoms. The van der Waals surface area contributed by atoms with Crippen molar-refractivity contribution in [2.75, 3.05) is 27.2 Å². The van der Waals surface area contributed by atoms with Gasteiger partial charge in [-0.15, -0.1) is 0 Å². The van der Waals surface area contributed by atoms with Gasteiger partial charge in [0, 0.05) is 35.2 Å². The highest BCUT2D eigenvalue weighted by Gasteiger charge is 2.39. The second-order valence-electron chi connectivity index (χ2n) is 8.42. The molecule has 1 aliphatic rings. The van der Waals surface area contributed by atoms with Gasteiger partial charge in [0.1, 0.15) is 0 Å². The normalized spacial score (nSPS) is 14.4. The fourth-order valence-electron chi connectivity index (χ4n) is 4.22. The number of carbonyl (C=O) groups is 1. The number of carbonyl (C=O) groups excluding carboxylic acids is 1. The number of nitrogens with one attached hydrogen (secondary N) is 1. The minimum absolute atomic E-state index is 0.155. The van der Waals surface area contributed by atoms with E-state index in [0.717, 1.165) is 22.2 Å². The Morgan fingerprint density at radius 1 is 1.29 bits per heavy atom. The fraction of sp³-hybridized carbons (Fsp3) is 0.375. The van der Waals surface area contributed by atoms with Crippen molar-refractivity contribution < 1.29 is 9.90 Å². The van der Waals surface area contributed by atoms with Crippen molar-refractivity contribution in [1.82, 2.24) is 19.8 Å². The van der Waals surface area contributed by atoms with Gasteiger partial charge in [-0.3, -0.25) is 9.59 Å². The molecule has 0 fully saturated rings. The van der Waals surface area contributed by atoms with Gasteiger partial charge >= 0.3 is 0 Å². The number of aromatic nitrogens is 2. The predicted molar refractivity (Wildman–Crippen MR) is 121 cm³/mol. The second-order valence-corrected chi connectivity index (χ2v) is 8.42. The van der Waals surface area contributed by atoms with E-state index in [2.05, 4.69) is 11.4 Å². The van der Waals surface area contributed by atoms with Crippen LogP contribution in [0.2, 0.25) is 0 Å². The molecule has 0 saturated heterocycles. The quantitative estimate of drug-likeness (QED) is 0.498. The molecule has 0 saturated carbocycles. The van der Waals surface area contributed by atoms with Crippen molar-refractivity contribution in [3.63, 3.8) is 0 Å². The first kappa shape index (κ1) is 21.2. The third-order valence-corrected chi connectivity index (χ3v) is 6.09. The zero-order valence-electron chi connectivity index (χ0n) is 18.4. The minimum Gasteiger partial charge on any atom is -0.375 e. The molecule has 3 aromatic rings. The van der Waals surface area contributed by atoms with Gasteiger partial charge in [0.2, 0.25) is 0 Å². The number of pyridine rings is 2. The van der Waals surface area contributed by atoms with E-state index in [1.165, 1.54) is 0 Å². The van der Waals surface area contributed by atoms with Gasteiger partial charge < -0.3 is 19.9 Å². The van der Waals surface area contributed by atoms with Crippen LogP contribution in [-0.4, -0.2) is 52.6 Å². The lowest BCUT2D eigenvalue weighted by Crippen LogP contribution is -2.47. The topological polar surface area (TPSA) is 87.5 Å². The summed E-state index contributed by atoms with van der Waals surface area (Å²) in [5, 5.41) is 15.2. The van der Waals surface area contributed by atoms with Crippen molar-refractivity contribution in [1.29, 1.82) is 0 Å². The standard InChI is InChI=1S/C24H28N4O3/c1-5-24(31,23(30)25-10-11-27(3)4)18-13-20-21-17(14-28(20)22(29)15(18)2)12-16-8-6-7-9-19(16)26-21/h6-9,12-13,31H,5,10-11,14H2,1-4H3,(H,25,30)/t24-/m1/s1. The molecule has 1 aliphatic heterocycles. The van der Waals surface area contributed by atoms with Crippen molar-refractivity contribution in [2.24, 2.45) is 0 Å². The Labute approximate surface area is 181 Å². The summed E-state index contributed by atoms with van der Waals surface area (Å²) in [6.07, 6.45) is 0.155. The molecular weight excluding hydrogens is 392 g/mol. The summed E-state index contributed by atoms with van der Waals surface area (Å²) >= 11 is 0. The SMILES string of the molecule is CC[C@](O)(C(=O)NCCN(C)C)c1cc2n(c(=O)c1C)Cc1cc3ccccc3nc1-2. The molecule has 1 amide bonds. The largest absolute Gasteiger partial charge is 0.375 e. The van der Waals surface area contributed by atoms with E-state index in [4.69, 9.17) is 4.98 Å². The summed E-state index contributed by atoms with van der Waals surface area (Å²) in [4.78, 5) is 32.9. The predicted octanol–water partition coefficient (Wildman–Crippen LogP) is 2.01. The molecule has 1 atom stereocenters. The van der Waals surface area contributed by atoms with Gasteiger partial charge in [-0.1, -0.05) is 25.1 Å². The maximum absolute atomic E-state index is 13.2. The number of amides is 1. The number of fused-ring (bicyclic) bond motifs is 4. The monoisotopic (exact) mass is 420 g/mol. The van der Waals surface area contributed by atoms with Crippen LogP contribution in [0.5, 0.6) is 0 Å². The first-order valence-electron chi connectivity index (χ1n) is 10.6. The van der Waals surface area contributed by atoms with Crippen molar-refractivity contribution >= 4 is 16.8 Å². The molecule has 0 aliphatic carbocycles. The van der Waals surface area contributed by atoms with Crippen LogP contribution in [-0.2, 0) is 16.9 Å². The lowest BCUT2D eigenvalue weighted by atomic mass is 9.87. The molecule has 162 valence electrons. The van der Waals surface area contributed by atoms with Gasteiger partial charge in [0.05, 0.1) is 23.4 Å². The molecule has 7 nitrogen and oxygen atoms in total. The molecule has 4 rings (SSSR count). The van der Waals surface area contributed by atoms with Crippen LogP contribution < -0.4 is 10.9 Å². The van der Waals surface area contributed by atoms with E-state index >= 15 is 0 Å². The second kappa shape index (κ2) is 7.90. The number of likely N-dealkylation sites (N-methyl/N-ethyl adjacent to an activating group) is 1. The Bertz CT molecular complexity index is 1230. The molecular formula is C24H28N4O3. The zero-order chi connectivity index (χ0) is 22.3. The molecule has 0 bridgehead atoms. The first-order valence-corrected chi connectivity index (χ1v) is 10.6. The number of aliphatic hydroxyl groups is 1. The third-order valence-electron chi connectivity index (χ3n) is 6.09. The highest BCUT2D eigenvalue weighted by atomic mass is 16.3. The Kier molecular flexibility index (Phi) is 5.41. The maximum atomic E-state index is 13.2. The van der Waals surface area contributed by atoms with Gasteiger partial charge in [-0.25, -0.2) is 4.98 Å². The van der Waals surface area contributed by atoms with E-state index < -0.39 is 11.5 Å². The number of benzene rings is 1. The zero-order valence-corrected chi connectivity index (χ0v) is 18.4. The van der Waals surface area contributed by atoms with Crippen LogP contribution in [0.15, 0.2) is 41.2 Å². The molecule has 0 unspecified atom stereocenters. The first-order chi connectivity index (χ1) is 14.8. The lowest BCUT2D eigenvalue weighted by Gasteiger charge is -2.28. The van der Waals surface area contributed by atoms with Crippen LogP contribution in [0.25, 0.3) is 22.3 Å². The van der Waals surface area contributed by atoms with Crippen molar-refractivity contribution in [3.05, 3.63) is 63.4 Å².